The van der Waals surface area contributed by atoms with Crippen LogP contribution in [-0.2, 0) is 7.05 Å². The zero-order chi connectivity index (χ0) is 17.9. The summed E-state index contributed by atoms with van der Waals surface area (Å²) in [4.78, 5) is 9.91. The molecule has 0 amide bonds. The number of piperidine rings is 1. The topological polar surface area (TPSA) is 62.7 Å². The number of guanidine groups is 1. The molecule has 26 heavy (non-hydrogen) atoms. The largest absolute Gasteiger partial charge is 0.370 e. The van der Waals surface area contributed by atoms with Crippen molar-refractivity contribution in [2.24, 2.45) is 23.7 Å². The van der Waals surface area contributed by atoms with E-state index in [4.69, 9.17) is 10.7 Å². The first-order valence-corrected chi connectivity index (χ1v) is 10.5. The molecular weight excluding hydrogens is 324 g/mol. The van der Waals surface area contributed by atoms with Gasteiger partial charge in [-0.2, -0.15) is 5.10 Å². The van der Waals surface area contributed by atoms with Gasteiger partial charge < -0.3 is 10.6 Å². The van der Waals surface area contributed by atoms with E-state index in [0.29, 0.717) is 12.0 Å². The Bertz CT molecular complexity index is 612. The molecule has 2 atom stereocenters. The quantitative estimate of drug-likeness (QED) is 0.664. The van der Waals surface area contributed by atoms with Crippen molar-refractivity contribution in [2.75, 3.05) is 26.2 Å². The number of aromatic nitrogens is 2. The van der Waals surface area contributed by atoms with Crippen LogP contribution in [0.25, 0.3) is 0 Å². The van der Waals surface area contributed by atoms with Crippen LogP contribution < -0.4 is 5.73 Å². The summed E-state index contributed by atoms with van der Waals surface area (Å²) < 4.78 is 2.06. The van der Waals surface area contributed by atoms with Crippen molar-refractivity contribution in [2.45, 2.75) is 63.5 Å². The van der Waals surface area contributed by atoms with E-state index in [1.165, 1.54) is 63.6 Å². The first-order valence-electron chi connectivity index (χ1n) is 10.5. The molecule has 0 spiro atoms. The summed E-state index contributed by atoms with van der Waals surface area (Å²) in [5.74, 6) is 1.30. The number of hydrogen-bond acceptors (Lipinski definition) is 3. The minimum Gasteiger partial charge on any atom is -0.370 e. The highest BCUT2D eigenvalue weighted by atomic mass is 15.3. The summed E-state index contributed by atoms with van der Waals surface area (Å²) >= 11 is 0. The maximum Gasteiger partial charge on any atom is 0.191 e. The van der Waals surface area contributed by atoms with E-state index in [-0.39, 0.29) is 0 Å². The number of rotatable bonds is 4. The predicted octanol–water partition coefficient (Wildman–Crippen LogP) is 2.53. The molecule has 144 valence electrons. The molecule has 2 aliphatic heterocycles. The molecule has 3 heterocycles. The van der Waals surface area contributed by atoms with Gasteiger partial charge in [0.2, 0.25) is 0 Å². The Labute approximate surface area is 157 Å². The second kappa shape index (κ2) is 7.99. The Kier molecular flexibility index (Phi) is 5.48. The van der Waals surface area contributed by atoms with Crippen molar-refractivity contribution in [1.82, 2.24) is 19.6 Å². The van der Waals surface area contributed by atoms with E-state index in [0.717, 1.165) is 31.6 Å². The molecule has 2 N–H and O–H groups in total. The molecule has 1 saturated carbocycles. The summed E-state index contributed by atoms with van der Waals surface area (Å²) in [5.41, 5.74) is 7.72. The van der Waals surface area contributed by atoms with Crippen LogP contribution in [0.4, 0.5) is 0 Å². The van der Waals surface area contributed by atoms with Crippen molar-refractivity contribution in [3.05, 3.63) is 18.0 Å². The lowest BCUT2D eigenvalue weighted by Gasteiger charge is -2.41. The highest BCUT2D eigenvalue weighted by Crippen LogP contribution is 2.42. The molecule has 1 aromatic rings. The summed E-state index contributed by atoms with van der Waals surface area (Å²) in [7, 11) is 2.07. The first-order chi connectivity index (χ1) is 12.7. The Hall–Kier alpha value is -1.56. The third kappa shape index (κ3) is 3.90. The molecule has 2 saturated heterocycles. The molecule has 1 aromatic heterocycles. The molecule has 3 aliphatic rings. The molecule has 6 heteroatoms. The van der Waals surface area contributed by atoms with Gasteiger partial charge in [-0.1, -0.05) is 12.8 Å². The maximum atomic E-state index is 6.38. The highest BCUT2D eigenvalue weighted by Gasteiger charge is 2.41. The van der Waals surface area contributed by atoms with Gasteiger partial charge in [0.05, 0.1) is 11.7 Å². The fourth-order valence-electron chi connectivity index (χ4n) is 4.81. The average Bonchev–Trinajstić information content (AvgIpc) is 3.45. The minimum absolute atomic E-state index is 0.435. The first kappa shape index (κ1) is 17.8. The predicted molar refractivity (Wildman–Crippen MR) is 105 cm³/mol. The zero-order valence-electron chi connectivity index (χ0n) is 16.2. The van der Waals surface area contributed by atoms with Crippen molar-refractivity contribution in [1.29, 1.82) is 0 Å². The van der Waals surface area contributed by atoms with E-state index in [1.807, 2.05) is 6.20 Å². The lowest BCUT2D eigenvalue weighted by atomic mass is 9.86. The molecule has 0 unspecified atom stereocenters. The molecule has 0 radical (unpaired) electrons. The number of likely N-dealkylation sites (tertiary alicyclic amines) is 2. The second-order valence-corrected chi connectivity index (χ2v) is 8.30. The van der Waals surface area contributed by atoms with Gasteiger partial charge >= 0.3 is 0 Å². The highest BCUT2D eigenvalue weighted by molar-refractivity contribution is 5.78. The van der Waals surface area contributed by atoms with Crippen LogP contribution in [0.5, 0.6) is 0 Å². The van der Waals surface area contributed by atoms with Crippen molar-refractivity contribution in [3.63, 3.8) is 0 Å². The van der Waals surface area contributed by atoms with Crippen LogP contribution in [0.1, 0.15) is 63.1 Å². The van der Waals surface area contributed by atoms with E-state index in [2.05, 4.69) is 32.7 Å². The SMILES string of the molecule is Cn1nccc1[C@H]1[C@H](CN=C(N)N2CCCCCC2)CCCN1C1CC1. The Morgan fingerprint density at radius 1 is 1.12 bits per heavy atom. The molecule has 3 fully saturated rings. The fourth-order valence-corrected chi connectivity index (χ4v) is 4.81. The Morgan fingerprint density at radius 3 is 2.54 bits per heavy atom. The summed E-state index contributed by atoms with van der Waals surface area (Å²) in [6.45, 7) is 4.18. The number of aliphatic imine (C=N–C) groups is 1. The smallest absolute Gasteiger partial charge is 0.191 e. The normalized spacial score (nSPS) is 29.0. The third-order valence-corrected chi connectivity index (χ3v) is 6.39. The molecule has 0 bridgehead atoms. The van der Waals surface area contributed by atoms with Gasteiger partial charge in [0, 0.05) is 38.9 Å². The van der Waals surface area contributed by atoms with E-state index < -0.39 is 0 Å². The zero-order valence-corrected chi connectivity index (χ0v) is 16.2. The summed E-state index contributed by atoms with van der Waals surface area (Å²) in [6.07, 6.45) is 12.3. The summed E-state index contributed by atoms with van der Waals surface area (Å²) in [5, 5.41) is 4.44. The number of hydrogen-bond donors (Lipinski definition) is 1. The lowest BCUT2D eigenvalue weighted by molar-refractivity contribution is 0.0823. The van der Waals surface area contributed by atoms with Crippen LogP contribution in [-0.4, -0.2) is 57.8 Å². The average molecular weight is 359 g/mol. The summed E-state index contributed by atoms with van der Waals surface area (Å²) in [6, 6.07) is 3.40. The fraction of sp³-hybridized carbons (Fsp3) is 0.800. The molecular formula is C20H34N6. The van der Waals surface area contributed by atoms with Gasteiger partial charge in [-0.25, -0.2) is 0 Å². The molecule has 0 aromatic carbocycles. The lowest BCUT2D eigenvalue weighted by Crippen LogP contribution is -2.43. The second-order valence-electron chi connectivity index (χ2n) is 8.30. The molecule has 6 nitrogen and oxygen atoms in total. The van der Waals surface area contributed by atoms with Crippen LogP contribution in [0.3, 0.4) is 0 Å². The van der Waals surface area contributed by atoms with E-state index >= 15 is 0 Å². The Balaban J connectivity index is 1.49. The van der Waals surface area contributed by atoms with Gasteiger partial charge in [-0.3, -0.25) is 14.6 Å². The van der Waals surface area contributed by atoms with Gasteiger partial charge in [0.15, 0.2) is 5.96 Å². The monoisotopic (exact) mass is 358 g/mol. The van der Waals surface area contributed by atoms with Crippen molar-refractivity contribution < 1.29 is 0 Å². The number of nitrogens with zero attached hydrogens (tertiary/aromatic N) is 5. The number of aryl methyl sites for hydroxylation is 1. The van der Waals surface area contributed by atoms with Crippen molar-refractivity contribution >= 4 is 5.96 Å². The van der Waals surface area contributed by atoms with Crippen LogP contribution in [0.2, 0.25) is 0 Å². The van der Waals surface area contributed by atoms with E-state index in [1.54, 1.807) is 0 Å². The van der Waals surface area contributed by atoms with Crippen molar-refractivity contribution in [3.8, 4) is 0 Å². The van der Waals surface area contributed by atoms with Gasteiger partial charge in [0.25, 0.3) is 0 Å². The van der Waals surface area contributed by atoms with Crippen LogP contribution in [0.15, 0.2) is 17.3 Å². The van der Waals surface area contributed by atoms with Gasteiger partial charge in [-0.05, 0) is 57.1 Å². The van der Waals surface area contributed by atoms with E-state index in [9.17, 15) is 0 Å². The molecule has 4 rings (SSSR count). The van der Waals surface area contributed by atoms with Gasteiger partial charge in [-0.15, -0.1) is 0 Å². The van der Waals surface area contributed by atoms with Crippen LogP contribution >= 0.6 is 0 Å². The molecule has 1 aliphatic carbocycles. The van der Waals surface area contributed by atoms with Crippen LogP contribution in [0, 0.1) is 5.92 Å². The third-order valence-electron chi connectivity index (χ3n) is 6.39. The van der Waals surface area contributed by atoms with Gasteiger partial charge in [0.1, 0.15) is 0 Å². The standard InChI is InChI=1S/C20H34N6/c1-24-18(10-11-23-24)19-16(7-6-14-26(19)17-8-9-17)15-22-20(21)25-12-4-2-3-5-13-25/h10-11,16-17,19H,2-9,12-15H2,1H3,(H2,21,22)/t16-,19+/m0/s1. The minimum atomic E-state index is 0.435. The maximum absolute atomic E-state index is 6.38. The Morgan fingerprint density at radius 2 is 1.88 bits per heavy atom. The number of nitrogens with two attached hydrogens (primary N) is 1.